The first kappa shape index (κ1) is 20.1. The Hall–Kier alpha value is -1.25. The van der Waals surface area contributed by atoms with Crippen molar-refractivity contribution in [1.82, 2.24) is 9.97 Å². The second-order valence-corrected chi connectivity index (χ2v) is 6.62. The number of aromatic nitrogens is 2. The molecule has 4 nitrogen and oxygen atoms in total. The van der Waals surface area contributed by atoms with E-state index in [-0.39, 0.29) is 6.29 Å². The van der Waals surface area contributed by atoms with Gasteiger partial charge in [-0.15, -0.1) is 5.28 Å². The van der Waals surface area contributed by atoms with E-state index in [4.69, 9.17) is 9.47 Å². The van der Waals surface area contributed by atoms with Crippen LogP contribution >= 0.6 is 0 Å². The smallest absolute Gasteiger partial charge is 0.158 e. The van der Waals surface area contributed by atoms with Crippen LogP contribution in [0.2, 0.25) is 5.28 Å². The number of ether oxygens (including phenoxy) is 2. The van der Waals surface area contributed by atoms with E-state index in [0.29, 0.717) is 13.2 Å². The third kappa shape index (κ3) is 9.13. The molecule has 2 aromatic rings. The van der Waals surface area contributed by atoms with Crippen LogP contribution in [0.15, 0.2) is 48.8 Å². The average molecular weight is 354 g/mol. The third-order valence-electron chi connectivity index (χ3n) is 3.93. The van der Waals surface area contributed by atoms with Crippen LogP contribution in [-0.2, 0) is 22.7 Å². The van der Waals surface area contributed by atoms with Crippen LogP contribution in [0.25, 0.3) is 0 Å². The van der Waals surface area contributed by atoms with Crippen LogP contribution in [0.1, 0.15) is 49.9 Å². The van der Waals surface area contributed by atoms with Gasteiger partial charge < -0.3 is 9.47 Å². The Labute approximate surface area is 159 Å². The monoisotopic (exact) mass is 354 g/mol. The Morgan fingerprint density at radius 1 is 0.760 bits per heavy atom. The van der Waals surface area contributed by atoms with Crippen LogP contribution in [0.4, 0.5) is 0 Å². The Morgan fingerprint density at radius 3 is 1.84 bits per heavy atom. The van der Waals surface area contributed by atoms with Crippen molar-refractivity contribution in [3.8, 4) is 0 Å². The molecule has 0 aliphatic carbocycles. The summed E-state index contributed by atoms with van der Waals surface area (Å²) >= 11 is 2.79. The van der Waals surface area contributed by atoms with Crippen LogP contribution in [0.3, 0.4) is 0 Å². The Morgan fingerprint density at radius 2 is 1.32 bits per heavy atom. The minimum Gasteiger partial charge on any atom is -0.346 e. The predicted molar refractivity (Wildman–Crippen MR) is 100 cm³/mol. The summed E-state index contributed by atoms with van der Waals surface area (Å²) in [6, 6.07) is 11.7. The first-order chi connectivity index (χ1) is 12.4. The summed E-state index contributed by atoms with van der Waals surface area (Å²) in [6.45, 7) is 0.946. The van der Waals surface area contributed by atoms with Gasteiger partial charge in [0.1, 0.15) is 16.3 Å². The number of unbranched alkanes of at least 4 members (excludes halogenated alkanes) is 4. The lowest BCUT2D eigenvalue weighted by atomic mass is 10.1. The van der Waals surface area contributed by atoms with Crippen LogP contribution < -0.4 is 0 Å². The molecule has 0 unspecified atom stereocenters. The second kappa shape index (κ2) is 13.0. The molecule has 0 spiro atoms. The zero-order valence-corrected chi connectivity index (χ0v) is 16.0. The molecule has 132 valence electrons. The number of hydrogen-bond acceptors (Lipinski definition) is 4. The molecular weight excluding hydrogens is 327 g/mol. The molecule has 0 aromatic carbocycles. The molecule has 2 heterocycles. The summed E-state index contributed by atoms with van der Waals surface area (Å²) in [5, 5.41) is 1.20. The molecule has 0 saturated heterocycles. The summed E-state index contributed by atoms with van der Waals surface area (Å²) in [5.74, 6) is 0. The molecule has 5 heteroatoms. The quantitative estimate of drug-likeness (QED) is 0.303. The van der Waals surface area contributed by atoms with Gasteiger partial charge in [-0.1, -0.05) is 37.8 Å². The maximum absolute atomic E-state index is 5.96. The summed E-state index contributed by atoms with van der Waals surface area (Å²) in [7, 11) is 0. The highest BCUT2D eigenvalue weighted by Gasteiger charge is 2.11. The molecule has 0 saturated carbocycles. The summed E-state index contributed by atoms with van der Waals surface area (Å²) in [5.41, 5.74) is 1.85. The molecule has 0 bridgehead atoms. The van der Waals surface area contributed by atoms with Crippen molar-refractivity contribution >= 4 is 16.3 Å². The lowest BCUT2D eigenvalue weighted by Crippen LogP contribution is -2.18. The first-order valence-corrected chi connectivity index (χ1v) is 9.93. The van der Waals surface area contributed by atoms with Crippen LogP contribution in [0, 0.1) is 0 Å². The topological polar surface area (TPSA) is 44.2 Å². The molecule has 0 atom stereocenters. The van der Waals surface area contributed by atoms with Crippen LogP contribution in [-0.4, -0.2) is 32.5 Å². The van der Waals surface area contributed by atoms with Gasteiger partial charge in [-0.3, -0.25) is 9.97 Å². The van der Waals surface area contributed by atoms with E-state index >= 15 is 0 Å². The van der Waals surface area contributed by atoms with Crippen molar-refractivity contribution in [2.75, 3.05) is 0 Å². The van der Waals surface area contributed by atoms with E-state index < -0.39 is 0 Å². The van der Waals surface area contributed by atoms with E-state index in [0.717, 1.165) is 24.2 Å². The normalized spacial score (nSPS) is 11.1. The molecule has 0 aliphatic rings. The van der Waals surface area contributed by atoms with Crippen LogP contribution in [0.5, 0.6) is 0 Å². The Balaban J connectivity index is 1.75. The molecule has 0 fully saturated rings. The maximum atomic E-state index is 5.96. The summed E-state index contributed by atoms with van der Waals surface area (Å²) in [4.78, 5) is 8.61. The Bertz CT molecular complexity index is 511. The molecule has 0 amide bonds. The number of nitrogens with zero attached hydrogens (tertiary/aromatic N) is 2. The fraction of sp³-hybridized carbons (Fsp3) is 0.500. The minimum atomic E-state index is -0.217. The minimum absolute atomic E-state index is 0.217. The molecule has 2 radical (unpaired) electrons. The molecule has 2 aromatic heterocycles. The van der Waals surface area contributed by atoms with E-state index in [1.807, 2.05) is 36.4 Å². The van der Waals surface area contributed by atoms with Crippen molar-refractivity contribution in [1.29, 1.82) is 0 Å². The third-order valence-corrected chi connectivity index (χ3v) is 4.34. The summed E-state index contributed by atoms with van der Waals surface area (Å²) in [6.07, 6.45) is 10.5. The molecule has 2 rings (SSSR count). The summed E-state index contributed by atoms with van der Waals surface area (Å²) < 4.78 is 11.9. The lowest BCUT2D eigenvalue weighted by molar-refractivity contribution is -0.161. The van der Waals surface area contributed by atoms with Crippen molar-refractivity contribution in [2.45, 2.75) is 63.3 Å². The highest BCUT2D eigenvalue weighted by molar-refractivity contribution is 6.08. The van der Waals surface area contributed by atoms with Gasteiger partial charge >= 0.3 is 0 Å². The second-order valence-electron chi connectivity index (χ2n) is 6.04. The van der Waals surface area contributed by atoms with Gasteiger partial charge in [-0.2, -0.15) is 0 Å². The van der Waals surface area contributed by atoms with Gasteiger partial charge in [-0.25, -0.2) is 0 Å². The molecule has 0 N–H and O–H groups in total. The van der Waals surface area contributed by atoms with Gasteiger partial charge in [0.05, 0.1) is 24.6 Å². The van der Waals surface area contributed by atoms with E-state index in [9.17, 15) is 0 Å². The average Bonchev–Trinajstić information content (AvgIpc) is 2.67. The molecule has 0 aliphatic heterocycles. The van der Waals surface area contributed by atoms with E-state index in [1.165, 1.54) is 31.0 Å². The van der Waals surface area contributed by atoms with Crippen molar-refractivity contribution in [3.05, 3.63) is 60.2 Å². The zero-order valence-electron chi connectivity index (χ0n) is 14.8. The maximum Gasteiger partial charge on any atom is 0.158 e. The fourth-order valence-corrected chi connectivity index (χ4v) is 2.81. The molecular formula is C20H27AlN2O2. The zero-order chi connectivity index (χ0) is 17.6. The van der Waals surface area contributed by atoms with Crippen molar-refractivity contribution in [3.63, 3.8) is 0 Å². The van der Waals surface area contributed by atoms with Gasteiger partial charge in [0.2, 0.25) is 0 Å². The lowest BCUT2D eigenvalue weighted by Gasteiger charge is -2.18. The number of pyridine rings is 2. The predicted octanol–water partition coefficient (Wildman–Crippen LogP) is 4.46. The van der Waals surface area contributed by atoms with Crippen molar-refractivity contribution < 1.29 is 9.47 Å². The number of hydrogen-bond donors (Lipinski definition) is 0. The van der Waals surface area contributed by atoms with E-state index in [2.05, 4.69) is 26.3 Å². The number of rotatable bonds is 13. The largest absolute Gasteiger partial charge is 0.346 e. The first-order valence-electron chi connectivity index (χ1n) is 9.11. The van der Waals surface area contributed by atoms with E-state index in [1.54, 1.807) is 12.4 Å². The standard InChI is InChI=1S/C20H27N2O2.Al/c1-2-3-4-5-6-13-20(23-16-18-11-7-9-14-21-18)24-17-19-12-8-10-15-22-19;/h7-12,14-15,20H,1-6,13,16-17H2;. The van der Waals surface area contributed by atoms with Gasteiger partial charge in [-0.05, 0) is 37.1 Å². The SMILES string of the molecule is [Al][CH2]CCCCCCC(OCc1ccccn1)OCc1ccccn1. The highest BCUT2D eigenvalue weighted by Crippen LogP contribution is 2.14. The Kier molecular flexibility index (Phi) is 10.5. The van der Waals surface area contributed by atoms with Gasteiger partial charge in [0.25, 0.3) is 0 Å². The van der Waals surface area contributed by atoms with Gasteiger partial charge in [0.15, 0.2) is 6.29 Å². The fourth-order valence-electron chi connectivity index (χ4n) is 2.52. The van der Waals surface area contributed by atoms with Gasteiger partial charge in [0, 0.05) is 12.4 Å². The highest BCUT2D eigenvalue weighted by atomic mass is 27.0. The molecule has 25 heavy (non-hydrogen) atoms. The van der Waals surface area contributed by atoms with Crippen molar-refractivity contribution in [2.24, 2.45) is 0 Å².